The van der Waals surface area contributed by atoms with Crippen molar-refractivity contribution in [3.8, 4) is 17.2 Å². The molecule has 0 radical (unpaired) electrons. The van der Waals surface area contributed by atoms with Gasteiger partial charge in [-0.3, -0.25) is 0 Å². The highest BCUT2D eigenvalue weighted by Gasteiger charge is 2.09. The Kier molecular flexibility index (Phi) is 5.93. The summed E-state index contributed by atoms with van der Waals surface area (Å²) in [5.74, 6) is 2.44. The van der Waals surface area contributed by atoms with E-state index in [1.165, 1.54) is 5.56 Å². The van der Waals surface area contributed by atoms with Gasteiger partial charge in [-0.05, 0) is 23.8 Å². The molecular weight excluding hydrogens is 332 g/mol. The Morgan fingerprint density at radius 1 is 0.952 bits per heavy atom. The summed E-state index contributed by atoms with van der Waals surface area (Å²) in [6.07, 6.45) is 0.837. The molecule has 0 bridgehead atoms. The van der Waals surface area contributed by atoms with Crippen LogP contribution in [0.25, 0.3) is 0 Å². The predicted octanol–water partition coefficient (Wildman–Crippen LogP) is 4.22. The van der Waals surface area contributed by atoms with Gasteiger partial charge in [-0.2, -0.15) is 0 Å². The first-order valence-corrected chi connectivity index (χ1v) is 7.88. The van der Waals surface area contributed by atoms with Crippen molar-refractivity contribution in [2.24, 2.45) is 0 Å². The van der Waals surface area contributed by atoms with Crippen molar-refractivity contribution >= 4 is 15.9 Å². The molecule has 0 aliphatic heterocycles. The van der Waals surface area contributed by atoms with Crippen LogP contribution in [0.15, 0.2) is 42.5 Å². The van der Waals surface area contributed by atoms with Crippen LogP contribution in [0.3, 0.4) is 0 Å². The van der Waals surface area contributed by atoms with Gasteiger partial charge in [0.05, 0.1) is 20.8 Å². The lowest BCUT2D eigenvalue weighted by Crippen LogP contribution is -2.04. The second-order valence-electron chi connectivity index (χ2n) is 4.53. The van der Waals surface area contributed by atoms with Crippen molar-refractivity contribution in [3.05, 3.63) is 53.6 Å². The van der Waals surface area contributed by atoms with E-state index in [0.29, 0.717) is 6.61 Å². The SMILES string of the molecule is COc1ccc(CCOc2c(CBr)cccc2OC)cc1. The van der Waals surface area contributed by atoms with Crippen LogP contribution in [0.1, 0.15) is 11.1 Å². The molecule has 0 aromatic heterocycles. The van der Waals surface area contributed by atoms with E-state index < -0.39 is 0 Å². The topological polar surface area (TPSA) is 27.7 Å². The second-order valence-corrected chi connectivity index (χ2v) is 5.09. The van der Waals surface area contributed by atoms with Crippen molar-refractivity contribution in [1.82, 2.24) is 0 Å². The van der Waals surface area contributed by atoms with Gasteiger partial charge in [-0.25, -0.2) is 0 Å². The summed E-state index contributed by atoms with van der Waals surface area (Å²) < 4.78 is 16.4. The van der Waals surface area contributed by atoms with Crippen LogP contribution in [-0.2, 0) is 11.8 Å². The van der Waals surface area contributed by atoms with Crippen LogP contribution in [0.4, 0.5) is 0 Å². The molecule has 21 heavy (non-hydrogen) atoms. The zero-order valence-electron chi connectivity index (χ0n) is 12.3. The fraction of sp³-hybridized carbons (Fsp3) is 0.294. The average molecular weight is 351 g/mol. The number of halogens is 1. The highest BCUT2D eigenvalue weighted by atomic mass is 79.9. The first-order valence-electron chi connectivity index (χ1n) is 6.76. The Labute approximate surface area is 134 Å². The lowest BCUT2D eigenvalue weighted by molar-refractivity contribution is 0.295. The Morgan fingerprint density at radius 3 is 2.33 bits per heavy atom. The fourth-order valence-electron chi connectivity index (χ4n) is 2.05. The summed E-state index contributed by atoms with van der Waals surface area (Å²) in [6, 6.07) is 13.9. The van der Waals surface area contributed by atoms with Gasteiger partial charge < -0.3 is 14.2 Å². The molecule has 0 fully saturated rings. The Balaban J connectivity index is 1.99. The maximum Gasteiger partial charge on any atom is 0.165 e. The van der Waals surface area contributed by atoms with Crippen LogP contribution >= 0.6 is 15.9 Å². The lowest BCUT2D eigenvalue weighted by Gasteiger charge is -2.14. The van der Waals surface area contributed by atoms with Crippen LogP contribution in [-0.4, -0.2) is 20.8 Å². The van der Waals surface area contributed by atoms with Crippen molar-refractivity contribution in [1.29, 1.82) is 0 Å². The van der Waals surface area contributed by atoms with Crippen molar-refractivity contribution in [2.75, 3.05) is 20.8 Å². The summed E-state index contributed by atoms with van der Waals surface area (Å²) in [7, 11) is 3.32. The zero-order chi connectivity index (χ0) is 15.1. The molecule has 4 heteroatoms. The van der Waals surface area contributed by atoms with Crippen molar-refractivity contribution in [2.45, 2.75) is 11.8 Å². The molecule has 0 spiro atoms. The maximum atomic E-state index is 5.92. The van der Waals surface area contributed by atoms with Crippen molar-refractivity contribution < 1.29 is 14.2 Å². The molecule has 0 heterocycles. The zero-order valence-corrected chi connectivity index (χ0v) is 13.9. The van der Waals surface area contributed by atoms with E-state index >= 15 is 0 Å². The van der Waals surface area contributed by atoms with Crippen LogP contribution in [0.5, 0.6) is 17.2 Å². The van der Waals surface area contributed by atoms with E-state index in [4.69, 9.17) is 14.2 Å². The van der Waals surface area contributed by atoms with Gasteiger partial charge in [0.1, 0.15) is 5.75 Å². The number of benzene rings is 2. The molecule has 0 unspecified atom stereocenters. The molecule has 0 atom stereocenters. The standard InChI is InChI=1S/C17H19BrO3/c1-19-15-8-6-13(7-9-15)10-11-21-17-14(12-18)4-3-5-16(17)20-2/h3-9H,10-12H2,1-2H3. The third-order valence-corrected chi connectivity index (χ3v) is 3.82. The third kappa shape index (κ3) is 4.14. The monoisotopic (exact) mass is 350 g/mol. The normalized spacial score (nSPS) is 10.2. The number of methoxy groups -OCH3 is 2. The summed E-state index contributed by atoms with van der Waals surface area (Å²) in [5, 5.41) is 0.738. The van der Waals surface area contributed by atoms with Crippen LogP contribution in [0, 0.1) is 0 Å². The second kappa shape index (κ2) is 7.93. The minimum atomic E-state index is 0.604. The number of ether oxygens (including phenoxy) is 3. The number of rotatable bonds is 7. The molecule has 2 rings (SSSR count). The molecule has 0 N–H and O–H groups in total. The number of alkyl halides is 1. The first-order chi connectivity index (χ1) is 10.3. The highest BCUT2D eigenvalue weighted by molar-refractivity contribution is 9.08. The van der Waals surface area contributed by atoms with E-state index in [1.807, 2.05) is 30.3 Å². The number of para-hydroxylation sites is 1. The summed E-state index contributed by atoms with van der Waals surface area (Å²) in [5.41, 5.74) is 2.30. The van der Waals surface area contributed by atoms with Gasteiger partial charge in [0.15, 0.2) is 11.5 Å². The molecule has 0 saturated carbocycles. The fourth-order valence-corrected chi connectivity index (χ4v) is 2.50. The summed E-state index contributed by atoms with van der Waals surface area (Å²) in [4.78, 5) is 0. The Hall–Kier alpha value is -1.68. The number of hydrogen-bond donors (Lipinski definition) is 0. The van der Waals surface area contributed by atoms with E-state index in [1.54, 1.807) is 14.2 Å². The predicted molar refractivity (Wildman–Crippen MR) is 87.8 cm³/mol. The number of hydrogen-bond acceptors (Lipinski definition) is 3. The van der Waals surface area contributed by atoms with Gasteiger partial charge in [0, 0.05) is 17.3 Å². The third-order valence-electron chi connectivity index (χ3n) is 3.22. The van der Waals surface area contributed by atoms with Gasteiger partial charge in [0.25, 0.3) is 0 Å². The van der Waals surface area contributed by atoms with E-state index in [2.05, 4.69) is 28.1 Å². The summed E-state index contributed by atoms with van der Waals surface area (Å²) in [6.45, 7) is 0.604. The molecule has 0 aliphatic carbocycles. The van der Waals surface area contributed by atoms with Crippen molar-refractivity contribution in [3.63, 3.8) is 0 Å². The van der Waals surface area contributed by atoms with E-state index in [0.717, 1.165) is 34.6 Å². The molecule has 0 saturated heterocycles. The molecule has 0 amide bonds. The molecule has 3 nitrogen and oxygen atoms in total. The smallest absolute Gasteiger partial charge is 0.165 e. The highest BCUT2D eigenvalue weighted by Crippen LogP contribution is 2.32. The van der Waals surface area contributed by atoms with Crippen LogP contribution in [0.2, 0.25) is 0 Å². The minimum Gasteiger partial charge on any atom is -0.497 e. The van der Waals surface area contributed by atoms with Gasteiger partial charge in [-0.1, -0.05) is 40.2 Å². The molecule has 2 aromatic rings. The molecule has 2 aromatic carbocycles. The van der Waals surface area contributed by atoms with Gasteiger partial charge >= 0.3 is 0 Å². The van der Waals surface area contributed by atoms with E-state index in [9.17, 15) is 0 Å². The van der Waals surface area contributed by atoms with Gasteiger partial charge in [-0.15, -0.1) is 0 Å². The maximum absolute atomic E-state index is 5.92. The first kappa shape index (κ1) is 15.7. The molecule has 0 aliphatic rings. The summed E-state index contributed by atoms with van der Waals surface area (Å²) >= 11 is 3.47. The van der Waals surface area contributed by atoms with Crippen LogP contribution < -0.4 is 14.2 Å². The average Bonchev–Trinajstić information content (AvgIpc) is 2.55. The molecular formula is C17H19BrO3. The lowest BCUT2D eigenvalue weighted by atomic mass is 10.1. The Morgan fingerprint density at radius 2 is 1.71 bits per heavy atom. The van der Waals surface area contributed by atoms with E-state index in [-0.39, 0.29) is 0 Å². The molecule has 112 valence electrons. The Bertz CT molecular complexity index is 544. The quantitative estimate of drug-likeness (QED) is 0.699. The largest absolute Gasteiger partial charge is 0.497 e. The van der Waals surface area contributed by atoms with Gasteiger partial charge in [0.2, 0.25) is 0 Å². The minimum absolute atomic E-state index is 0.604.